The second kappa shape index (κ2) is 9.47. The number of fused-ring (bicyclic) bond motifs is 1. The third-order valence-corrected chi connectivity index (χ3v) is 6.78. The number of rotatable bonds is 5. The molecule has 1 aromatic heterocycles. The fourth-order valence-corrected chi connectivity index (χ4v) is 4.73. The number of amides is 1. The van der Waals surface area contributed by atoms with Gasteiger partial charge in [0, 0.05) is 21.7 Å². The van der Waals surface area contributed by atoms with Crippen LogP contribution >= 0.6 is 34.2 Å². The molecule has 9 heteroatoms. The number of halogens is 2. The van der Waals surface area contributed by atoms with Crippen molar-refractivity contribution < 1.29 is 9.53 Å². The topological polar surface area (TPSA) is 82.6 Å². The summed E-state index contributed by atoms with van der Waals surface area (Å²) in [6, 6.07) is 24.1. The van der Waals surface area contributed by atoms with Crippen molar-refractivity contribution in [3.63, 3.8) is 0 Å². The van der Waals surface area contributed by atoms with E-state index < -0.39 is 0 Å². The van der Waals surface area contributed by atoms with Crippen LogP contribution < -0.4 is 10.2 Å². The Labute approximate surface area is 214 Å². The summed E-state index contributed by atoms with van der Waals surface area (Å²) in [4.78, 5) is 18.0. The summed E-state index contributed by atoms with van der Waals surface area (Å²) in [5.41, 5.74) is 7.37. The number of hydrogen-bond donors (Lipinski definition) is 2. The van der Waals surface area contributed by atoms with E-state index in [0.29, 0.717) is 33.6 Å². The first-order valence-electron chi connectivity index (χ1n) is 10.4. The standard InChI is InChI=1S/C25H19ClIN5O2/c1-34-19-12-6-10-17(14-19)24-28-21-20(16-9-5-11-18(26)13-16)29-30-22(21)23(27)32(24)31-25(33)15-7-3-2-4-8-15/h2-14,23H,1H3,(H,29,30)(H,31,33). The number of aromatic nitrogens is 2. The number of nitrogens with one attached hydrogen (secondary N) is 2. The second-order valence-electron chi connectivity index (χ2n) is 7.52. The van der Waals surface area contributed by atoms with Crippen LogP contribution in [0.25, 0.3) is 11.3 Å². The highest BCUT2D eigenvalue weighted by molar-refractivity contribution is 14.1. The third kappa shape index (κ3) is 4.26. The van der Waals surface area contributed by atoms with Gasteiger partial charge in [-0.15, -0.1) is 0 Å². The predicted octanol–water partition coefficient (Wildman–Crippen LogP) is 5.91. The van der Waals surface area contributed by atoms with E-state index in [-0.39, 0.29) is 9.96 Å². The molecule has 1 aliphatic heterocycles. The highest BCUT2D eigenvalue weighted by atomic mass is 127. The minimum Gasteiger partial charge on any atom is -0.497 e. The lowest BCUT2D eigenvalue weighted by atomic mass is 10.1. The van der Waals surface area contributed by atoms with Crippen molar-refractivity contribution in [1.82, 2.24) is 20.6 Å². The molecule has 1 unspecified atom stereocenters. The zero-order valence-electron chi connectivity index (χ0n) is 18.0. The molecular weight excluding hydrogens is 565 g/mol. The van der Waals surface area contributed by atoms with Gasteiger partial charge in [-0.25, -0.2) is 10.0 Å². The molecule has 0 fully saturated rings. The fourth-order valence-electron chi connectivity index (χ4n) is 3.70. The fraction of sp³-hybridized carbons (Fsp3) is 0.0800. The highest BCUT2D eigenvalue weighted by Gasteiger charge is 2.34. The van der Waals surface area contributed by atoms with Gasteiger partial charge >= 0.3 is 0 Å². The van der Waals surface area contributed by atoms with E-state index in [4.69, 9.17) is 21.3 Å². The van der Waals surface area contributed by atoms with Gasteiger partial charge in [-0.1, -0.05) is 54.1 Å². The molecule has 34 heavy (non-hydrogen) atoms. The van der Waals surface area contributed by atoms with Crippen molar-refractivity contribution in [3.05, 3.63) is 101 Å². The molecule has 0 aliphatic carbocycles. The Morgan fingerprint density at radius 2 is 1.82 bits per heavy atom. The van der Waals surface area contributed by atoms with E-state index in [9.17, 15) is 4.79 Å². The van der Waals surface area contributed by atoms with Gasteiger partial charge in [0.15, 0.2) is 5.84 Å². The maximum absolute atomic E-state index is 13.1. The first-order valence-corrected chi connectivity index (χ1v) is 12.0. The number of alkyl halides is 1. The Bertz CT molecular complexity index is 1390. The molecule has 3 aromatic carbocycles. The molecule has 0 radical (unpaired) electrons. The molecular formula is C25H19ClIN5O2. The number of H-pyrrole nitrogens is 1. The Kier molecular flexibility index (Phi) is 6.25. The molecule has 1 atom stereocenters. The number of nitrogens with zero attached hydrogens (tertiary/aromatic N) is 3. The lowest BCUT2D eigenvalue weighted by Gasteiger charge is -2.33. The number of carbonyl (C=O) groups excluding carboxylic acids is 1. The van der Waals surface area contributed by atoms with Gasteiger partial charge in [0.25, 0.3) is 5.91 Å². The molecule has 2 N–H and O–H groups in total. The predicted molar refractivity (Wildman–Crippen MR) is 141 cm³/mol. The minimum absolute atomic E-state index is 0.240. The zero-order valence-corrected chi connectivity index (χ0v) is 20.9. The van der Waals surface area contributed by atoms with Crippen LogP contribution in [0.1, 0.15) is 25.7 Å². The first kappa shape index (κ1) is 22.4. The van der Waals surface area contributed by atoms with Crippen molar-refractivity contribution in [2.75, 3.05) is 7.11 Å². The van der Waals surface area contributed by atoms with Crippen LogP contribution in [0.5, 0.6) is 5.75 Å². The number of ether oxygens (including phenoxy) is 1. The van der Waals surface area contributed by atoms with E-state index in [1.807, 2.05) is 66.7 Å². The second-order valence-corrected chi connectivity index (χ2v) is 9.14. The number of carbonyl (C=O) groups is 1. The van der Waals surface area contributed by atoms with Crippen LogP contribution in [-0.2, 0) is 0 Å². The highest BCUT2D eigenvalue weighted by Crippen LogP contribution is 2.43. The van der Waals surface area contributed by atoms with Gasteiger partial charge in [-0.05, 0) is 59.0 Å². The largest absolute Gasteiger partial charge is 0.497 e. The number of aliphatic imine (C=N–C) groups is 1. The maximum Gasteiger partial charge on any atom is 0.269 e. The van der Waals surface area contributed by atoms with Crippen LogP contribution in [0.15, 0.2) is 83.9 Å². The summed E-state index contributed by atoms with van der Waals surface area (Å²) >= 11 is 8.49. The summed E-state index contributed by atoms with van der Waals surface area (Å²) in [7, 11) is 1.61. The minimum atomic E-state index is -0.306. The van der Waals surface area contributed by atoms with Gasteiger partial charge in [0.2, 0.25) is 0 Å². The van der Waals surface area contributed by atoms with Crippen LogP contribution in [0.2, 0.25) is 5.02 Å². The van der Waals surface area contributed by atoms with Crippen molar-refractivity contribution in [2.45, 2.75) is 4.05 Å². The molecule has 0 spiro atoms. The van der Waals surface area contributed by atoms with Crippen LogP contribution in [0.4, 0.5) is 5.69 Å². The molecule has 1 aliphatic rings. The summed E-state index contributed by atoms with van der Waals surface area (Å²) in [5.74, 6) is 1.02. The molecule has 0 bridgehead atoms. The number of benzene rings is 3. The van der Waals surface area contributed by atoms with Crippen LogP contribution in [0, 0.1) is 0 Å². The molecule has 7 nitrogen and oxygen atoms in total. The molecule has 170 valence electrons. The smallest absolute Gasteiger partial charge is 0.269 e. The molecule has 5 rings (SSSR count). The number of methoxy groups -OCH3 is 1. The summed E-state index contributed by atoms with van der Waals surface area (Å²) in [6.07, 6.45) is 0. The molecule has 0 saturated heterocycles. The normalized spacial score (nSPS) is 14.9. The molecule has 1 amide bonds. The Morgan fingerprint density at radius 3 is 2.59 bits per heavy atom. The monoisotopic (exact) mass is 583 g/mol. The number of hydrogen-bond acceptors (Lipinski definition) is 5. The van der Waals surface area contributed by atoms with Gasteiger partial charge in [-0.2, -0.15) is 5.10 Å². The SMILES string of the molecule is COc1cccc(C2=Nc3c(-c4cccc(Cl)c4)n[nH]c3C(I)N2NC(=O)c2ccccc2)c1. The Morgan fingerprint density at radius 1 is 1.06 bits per heavy atom. The van der Waals surface area contributed by atoms with E-state index in [2.05, 4.69) is 38.2 Å². The Balaban J connectivity index is 1.62. The van der Waals surface area contributed by atoms with E-state index >= 15 is 0 Å². The summed E-state index contributed by atoms with van der Waals surface area (Å²) in [6.45, 7) is 0. The van der Waals surface area contributed by atoms with Crippen molar-refractivity contribution in [2.24, 2.45) is 4.99 Å². The van der Waals surface area contributed by atoms with Gasteiger partial charge < -0.3 is 4.74 Å². The van der Waals surface area contributed by atoms with E-state index in [1.54, 1.807) is 24.3 Å². The number of amidine groups is 1. The lowest BCUT2D eigenvalue weighted by molar-refractivity contribution is 0.0864. The molecule has 4 aromatic rings. The van der Waals surface area contributed by atoms with Gasteiger partial charge in [-0.3, -0.25) is 15.3 Å². The van der Waals surface area contributed by atoms with Crippen molar-refractivity contribution >= 4 is 51.6 Å². The molecule has 2 heterocycles. The third-order valence-electron chi connectivity index (χ3n) is 5.36. The van der Waals surface area contributed by atoms with Gasteiger partial charge in [0.1, 0.15) is 21.2 Å². The van der Waals surface area contributed by atoms with Crippen LogP contribution in [-0.4, -0.2) is 34.1 Å². The average Bonchev–Trinajstić information content (AvgIpc) is 3.30. The molecule has 0 saturated carbocycles. The van der Waals surface area contributed by atoms with E-state index in [1.165, 1.54) is 0 Å². The lowest BCUT2D eigenvalue weighted by Crippen LogP contribution is -2.48. The quantitative estimate of drug-likeness (QED) is 0.174. The maximum atomic E-state index is 13.1. The van der Waals surface area contributed by atoms with Gasteiger partial charge in [0.05, 0.1) is 12.8 Å². The first-order chi connectivity index (χ1) is 16.5. The summed E-state index contributed by atoms with van der Waals surface area (Å²) < 4.78 is 5.12. The Hall–Kier alpha value is -3.37. The average molecular weight is 584 g/mol. The van der Waals surface area contributed by atoms with E-state index in [0.717, 1.165) is 16.8 Å². The number of hydrazine groups is 1. The zero-order chi connectivity index (χ0) is 23.7. The summed E-state index contributed by atoms with van der Waals surface area (Å²) in [5, 5.41) is 10.00. The van der Waals surface area contributed by atoms with Crippen LogP contribution in [0.3, 0.4) is 0 Å². The van der Waals surface area contributed by atoms with Crippen molar-refractivity contribution in [3.8, 4) is 17.0 Å². The number of aromatic amines is 1. The van der Waals surface area contributed by atoms with Crippen molar-refractivity contribution in [1.29, 1.82) is 0 Å².